The predicted octanol–water partition coefficient (Wildman–Crippen LogP) is 4.33. The van der Waals surface area contributed by atoms with Crippen molar-refractivity contribution in [2.24, 2.45) is 0 Å². The smallest absolute Gasteiger partial charge is 0.258 e. The number of hydrogen-bond donors (Lipinski definition) is 0. The molecule has 0 aliphatic carbocycles. The van der Waals surface area contributed by atoms with Gasteiger partial charge in [0.1, 0.15) is 11.2 Å². The van der Waals surface area contributed by atoms with Crippen molar-refractivity contribution in [3.05, 3.63) is 57.4 Å². The maximum atomic E-state index is 12.9. The zero-order chi connectivity index (χ0) is 14.9. The second-order valence-corrected chi connectivity index (χ2v) is 4.20. The first kappa shape index (κ1) is 14.3. The van der Waals surface area contributed by atoms with E-state index in [0.29, 0.717) is 0 Å². The van der Waals surface area contributed by atoms with Gasteiger partial charge in [0.15, 0.2) is 0 Å². The molecule has 1 aromatic heterocycles. The molecule has 104 valence electrons. The number of benzene rings is 1. The highest BCUT2D eigenvalue weighted by atomic mass is 35.5. The molecule has 4 nitrogen and oxygen atoms in total. The molecule has 0 fully saturated rings. The fraction of sp³-hybridized carbons (Fsp3) is 0.0833. The van der Waals surface area contributed by atoms with Crippen molar-refractivity contribution in [2.75, 3.05) is 0 Å². The van der Waals surface area contributed by atoms with Crippen LogP contribution in [-0.4, -0.2) is 9.91 Å². The van der Waals surface area contributed by atoms with Crippen LogP contribution in [0.5, 0.6) is 0 Å². The van der Waals surface area contributed by atoms with Gasteiger partial charge in [0, 0.05) is 11.8 Å². The fourth-order valence-corrected chi connectivity index (χ4v) is 1.98. The van der Waals surface area contributed by atoms with Crippen LogP contribution in [-0.2, 0) is 6.18 Å². The molecule has 8 heteroatoms. The van der Waals surface area contributed by atoms with Crippen molar-refractivity contribution in [1.29, 1.82) is 0 Å². The molecule has 0 aliphatic heterocycles. The molecule has 0 saturated carbocycles. The van der Waals surface area contributed by atoms with Crippen molar-refractivity contribution in [3.8, 4) is 11.1 Å². The van der Waals surface area contributed by atoms with E-state index in [1.54, 1.807) is 0 Å². The number of halogens is 4. The maximum Gasteiger partial charge on any atom is 0.417 e. The molecule has 2 rings (SSSR count). The van der Waals surface area contributed by atoms with Crippen LogP contribution in [0.1, 0.15) is 5.56 Å². The van der Waals surface area contributed by atoms with Crippen LogP contribution in [0.15, 0.2) is 36.7 Å². The molecule has 0 N–H and O–H groups in total. The van der Waals surface area contributed by atoms with Crippen molar-refractivity contribution < 1.29 is 18.1 Å². The Morgan fingerprint density at radius 2 is 1.80 bits per heavy atom. The van der Waals surface area contributed by atoms with Crippen LogP contribution < -0.4 is 0 Å². The summed E-state index contributed by atoms with van der Waals surface area (Å²) in [5.41, 5.74) is -1.85. The van der Waals surface area contributed by atoms with Gasteiger partial charge in [0.25, 0.3) is 0 Å². The Hall–Kier alpha value is -2.15. The molecule has 0 radical (unpaired) electrons. The van der Waals surface area contributed by atoms with E-state index < -0.39 is 22.4 Å². The number of hydrogen-bond acceptors (Lipinski definition) is 3. The molecule has 1 heterocycles. The van der Waals surface area contributed by atoms with E-state index in [1.165, 1.54) is 18.2 Å². The number of pyridine rings is 1. The van der Waals surface area contributed by atoms with Gasteiger partial charge in [-0.1, -0.05) is 29.8 Å². The Balaban J connectivity index is 2.70. The third kappa shape index (κ3) is 2.57. The van der Waals surface area contributed by atoms with Crippen LogP contribution in [0.4, 0.5) is 18.9 Å². The highest BCUT2D eigenvalue weighted by molar-refractivity contribution is 6.35. The molecule has 20 heavy (non-hydrogen) atoms. The lowest BCUT2D eigenvalue weighted by Gasteiger charge is -2.13. The highest BCUT2D eigenvalue weighted by Crippen LogP contribution is 2.41. The summed E-state index contributed by atoms with van der Waals surface area (Å²) in [5, 5.41) is 10.4. The number of nitrogens with zero attached hydrogens (tertiary/aromatic N) is 2. The topological polar surface area (TPSA) is 56.0 Å². The number of alkyl halides is 3. The largest absolute Gasteiger partial charge is 0.417 e. The summed E-state index contributed by atoms with van der Waals surface area (Å²) in [4.78, 5) is 13.5. The standard InChI is InChI=1S/C12H6ClF3N2O2/c13-11-8(5-17-6-10(11)18(19)20)7-3-1-2-4-9(7)12(14,15)16/h1-6H. The van der Waals surface area contributed by atoms with E-state index >= 15 is 0 Å². The molecular weight excluding hydrogens is 297 g/mol. The quantitative estimate of drug-likeness (QED) is 0.613. The molecule has 0 bridgehead atoms. The maximum absolute atomic E-state index is 12.9. The second kappa shape index (κ2) is 5.09. The Bertz CT molecular complexity index is 674. The zero-order valence-corrected chi connectivity index (χ0v) is 10.4. The molecule has 0 amide bonds. The van der Waals surface area contributed by atoms with Crippen LogP contribution >= 0.6 is 11.6 Å². The van der Waals surface area contributed by atoms with Gasteiger partial charge in [-0.05, 0) is 11.6 Å². The lowest BCUT2D eigenvalue weighted by atomic mass is 10.0. The summed E-state index contributed by atoms with van der Waals surface area (Å²) in [6, 6.07) is 4.69. The highest BCUT2D eigenvalue weighted by Gasteiger charge is 2.34. The first-order chi connectivity index (χ1) is 9.32. The van der Waals surface area contributed by atoms with E-state index in [4.69, 9.17) is 11.6 Å². The third-order valence-corrected chi connectivity index (χ3v) is 2.98. The van der Waals surface area contributed by atoms with E-state index in [1.807, 2.05) is 0 Å². The van der Waals surface area contributed by atoms with Gasteiger partial charge in [-0.25, -0.2) is 0 Å². The van der Waals surface area contributed by atoms with Gasteiger partial charge >= 0.3 is 11.9 Å². The van der Waals surface area contributed by atoms with Gasteiger partial charge in [-0.3, -0.25) is 15.1 Å². The Labute approximate surface area is 116 Å². The Morgan fingerprint density at radius 3 is 2.40 bits per heavy atom. The Kier molecular flexibility index (Phi) is 3.63. The minimum absolute atomic E-state index is 0.131. The van der Waals surface area contributed by atoms with E-state index in [0.717, 1.165) is 18.5 Å². The molecule has 0 saturated heterocycles. The lowest BCUT2D eigenvalue weighted by Crippen LogP contribution is -2.07. The minimum atomic E-state index is -4.59. The van der Waals surface area contributed by atoms with Crippen molar-refractivity contribution in [1.82, 2.24) is 4.98 Å². The molecule has 0 spiro atoms. The van der Waals surface area contributed by atoms with E-state index in [2.05, 4.69) is 4.98 Å². The monoisotopic (exact) mass is 302 g/mol. The molecule has 0 unspecified atom stereocenters. The minimum Gasteiger partial charge on any atom is -0.258 e. The van der Waals surface area contributed by atoms with Gasteiger partial charge in [0.2, 0.25) is 0 Å². The summed E-state index contributed by atoms with van der Waals surface area (Å²) in [5.74, 6) is 0. The molecule has 0 atom stereocenters. The normalized spacial score (nSPS) is 11.4. The van der Waals surface area contributed by atoms with E-state index in [9.17, 15) is 23.3 Å². The predicted molar refractivity (Wildman–Crippen MR) is 66.3 cm³/mol. The summed E-state index contributed by atoms with van der Waals surface area (Å²) < 4.78 is 38.8. The van der Waals surface area contributed by atoms with Crippen LogP contribution in [0, 0.1) is 10.1 Å². The molecule has 2 aromatic rings. The van der Waals surface area contributed by atoms with Crippen LogP contribution in [0.3, 0.4) is 0 Å². The Morgan fingerprint density at radius 1 is 1.15 bits per heavy atom. The first-order valence-electron chi connectivity index (χ1n) is 5.27. The van der Waals surface area contributed by atoms with Gasteiger partial charge in [0.05, 0.1) is 10.5 Å². The number of aromatic nitrogens is 1. The molecule has 0 aliphatic rings. The average molecular weight is 303 g/mol. The first-order valence-corrected chi connectivity index (χ1v) is 5.64. The van der Waals surface area contributed by atoms with Crippen LogP contribution in [0.2, 0.25) is 5.02 Å². The second-order valence-electron chi connectivity index (χ2n) is 3.82. The fourth-order valence-electron chi connectivity index (χ4n) is 1.71. The number of nitro groups is 1. The summed E-state index contributed by atoms with van der Waals surface area (Å²) in [6.45, 7) is 0. The van der Waals surface area contributed by atoms with Gasteiger partial charge in [-0.2, -0.15) is 13.2 Å². The lowest BCUT2D eigenvalue weighted by molar-refractivity contribution is -0.385. The summed E-state index contributed by atoms with van der Waals surface area (Å²) >= 11 is 5.81. The zero-order valence-electron chi connectivity index (χ0n) is 9.69. The van der Waals surface area contributed by atoms with Crippen LogP contribution in [0.25, 0.3) is 11.1 Å². The molecular formula is C12H6ClF3N2O2. The average Bonchev–Trinajstić information content (AvgIpc) is 2.37. The van der Waals surface area contributed by atoms with E-state index in [-0.39, 0.29) is 16.1 Å². The van der Waals surface area contributed by atoms with Crippen molar-refractivity contribution in [2.45, 2.75) is 6.18 Å². The molecule has 1 aromatic carbocycles. The third-order valence-electron chi connectivity index (χ3n) is 2.58. The van der Waals surface area contributed by atoms with Gasteiger partial charge < -0.3 is 0 Å². The van der Waals surface area contributed by atoms with Gasteiger partial charge in [-0.15, -0.1) is 0 Å². The number of rotatable bonds is 2. The SMILES string of the molecule is O=[N+]([O-])c1cncc(-c2ccccc2C(F)(F)F)c1Cl. The van der Waals surface area contributed by atoms with Crippen molar-refractivity contribution in [3.63, 3.8) is 0 Å². The summed E-state index contributed by atoms with van der Waals surface area (Å²) in [6.07, 6.45) is -2.63. The van der Waals surface area contributed by atoms with Crippen molar-refractivity contribution >= 4 is 17.3 Å². The summed E-state index contributed by atoms with van der Waals surface area (Å²) in [7, 11) is 0.